The van der Waals surface area contributed by atoms with Crippen LogP contribution in [0, 0.1) is 0 Å². The van der Waals surface area contributed by atoms with Crippen LogP contribution < -0.4 is 11.1 Å². The third kappa shape index (κ3) is 4.46. The van der Waals surface area contributed by atoms with Gasteiger partial charge < -0.3 is 16.0 Å². The lowest BCUT2D eigenvalue weighted by molar-refractivity contribution is -0.141. The van der Waals surface area contributed by atoms with Crippen molar-refractivity contribution in [3.05, 3.63) is 83.9 Å². The van der Waals surface area contributed by atoms with Crippen LogP contribution in [-0.2, 0) is 22.4 Å². The minimum absolute atomic E-state index is 0.0754. The highest BCUT2D eigenvalue weighted by Gasteiger charge is 2.33. The Bertz CT molecular complexity index is 1020. The molecule has 1 heterocycles. The first kappa shape index (κ1) is 19.2. The molecule has 3 aromatic rings. The van der Waals surface area contributed by atoms with Crippen LogP contribution in [0.4, 0.5) is 0 Å². The van der Waals surface area contributed by atoms with Crippen molar-refractivity contribution in [2.45, 2.75) is 24.9 Å². The van der Waals surface area contributed by atoms with Crippen LogP contribution in [0.1, 0.15) is 11.1 Å². The van der Waals surface area contributed by atoms with E-state index in [9.17, 15) is 9.59 Å². The Hall–Kier alpha value is -3.18. The number of hydrogen-bond acceptors (Lipinski definition) is 3. The van der Waals surface area contributed by atoms with Crippen LogP contribution in [0.3, 0.4) is 0 Å². The monoisotopic (exact) mass is 387 g/mol. The molecule has 3 aromatic carbocycles. The smallest absolute Gasteiger partial charge is 0.240 e. The molecule has 0 radical (unpaired) electrons. The molecule has 0 bridgehead atoms. The summed E-state index contributed by atoms with van der Waals surface area (Å²) >= 11 is 0. The van der Waals surface area contributed by atoms with E-state index in [1.165, 1.54) is 16.3 Å². The number of rotatable bonds is 6. The van der Waals surface area contributed by atoms with E-state index in [2.05, 4.69) is 35.6 Å². The molecule has 5 heteroatoms. The number of nitrogens with two attached hydrogens (primary N) is 1. The highest BCUT2D eigenvalue weighted by molar-refractivity contribution is 5.88. The second kappa shape index (κ2) is 8.45. The first-order chi connectivity index (χ1) is 14.1. The fourth-order valence-electron chi connectivity index (χ4n) is 4.03. The third-order valence-electron chi connectivity index (χ3n) is 5.55. The molecule has 0 aliphatic carbocycles. The molecule has 29 heavy (non-hydrogen) atoms. The summed E-state index contributed by atoms with van der Waals surface area (Å²) in [5.74, 6) is -0.548. The van der Waals surface area contributed by atoms with Crippen molar-refractivity contribution in [3.63, 3.8) is 0 Å². The lowest BCUT2D eigenvalue weighted by Crippen LogP contribution is -2.61. The predicted molar refractivity (Wildman–Crippen MR) is 114 cm³/mol. The average Bonchev–Trinajstić information content (AvgIpc) is 2.74. The number of carbonyl (C=O) groups excluding carboxylic acids is 2. The van der Waals surface area contributed by atoms with E-state index in [0.717, 1.165) is 12.0 Å². The SMILES string of the molecule is NC(=O)[C@@H](Cc1ccccc1)N1C[C@@H](Cc2ccc3ccccc3c2)NCC1=O. The average molecular weight is 387 g/mol. The summed E-state index contributed by atoms with van der Waals surface area (Å²) in [5.41, 5.74) is 7.88. The van der Waals surface area contributed by atoms with Gasteiger partial charge in [0.2, 0.25) is 11.8 Å². The van der Waals surface area contributed by atoms with Gasteiger partial charge in [-0.3, -0.25) is 9.59 Å². The number of piperazine rings is 1. The highest BCUT2D eigenvalue weighted by atomic mass is 16.2. The van der Waals surface area contributed by atoms with E-state index in [1.54, 1.807) is 4.90 Å². The van der Waals surface area contributed by atoms with Gasteiger partial charge in [0.05, 0.1) is 6.54 Å². The van der Waals surface area contributed by atoms with E-state index in [1.807, 2.05) is 42.5 Å². The molecule has 1 saturated heterocycles. The summed E-state index contributed by atoms with van der Waals surface area (Å²) in [6.07, 6.45) is 1.22. The Morgan fingerprint density at radius 2 is 1.72 bits per heavy atom. The molecule has 0 aromatic heterocycles. The molecule has 0 saturated carbocycles. The molecule has 0 unspecified atom stereocenters. The highest BCUT2D eigenvalue weighted by Crippen LogP contribution is 2.19. The second-order valence-corrected chi connectivity index (χ2v) is 7.62. The molecule has 0 spiro atoms. The summed E-state index contributed by atoms with van der Waals surface area (Å²) < 4.78 is 0. The summed E-state index contributed by atoms with van der Waals surface area (Å²) in [4.78, 5) is 26.4. The van der Waals surface area contributed by atoms with Crippen molar-refractivity contribution in [1.29, 1.82) is 0 Å². The number of hydrogen-bond donors (Lipinski definition) is 2. The molecular formula is C24H25N3O2. The molecule has 2 atom stereocenters. The van der Waals surface area contributed by atoms with Crippen LogP contribution in [0.2, 0.25) is 0 Å². The zero-order valence-electron chi connectivity index (χ0n) is 16.3. The molecular weight excluding hydrogens is 362 g/mol. The van der Waals surface area contributed by atoms with E-state index >= 15 is 0 Å². The molecule has 3 N–H and O–H groups in total. The number of nitrogens with one attached hydrogen (secondary N) is 1. The van der Waals surface area contributed by atoms with Gasteiger partial charge in [0.25, 0.3) is 0 Å². The van der Waals surface area contributed by atoms with E-state index in [-0.39, 0.29) is 18.5 Å². The van der Waals surface area contributed by atoms with Crippen molar-refractivity contribution in [2.24, 2.45) is 5.73 Å². The first-order valence-corrected chi connectivity index (χ1v) is 9.94. The number of primary amides is 1. The zero-order chi connectivity index (χ0) is 20.2. The van der Waals surface area contributed by atoms with Gasteiger partial charge in [-0.05, 0) is 28.3 Å². The Balaban J connectivity index is 1.50. The van der Waals surface area contributed by atoms with Crippen molar-refractivity contribution >= 4 is 22.6 Å². The molecule has 4 rings (SSSR count). The number of fused-ring (bicyclic) bond motifs is 1. The maximum atomic E-state index is 12.6. The summed E-state index contributed by atoms with van der Waals surface area (Å²) in [6, 6.07) is 23.8. The molecule has 2 amide bonds. The number of carbonyl (C=O) groups is 2. The van der Waals surface area contributed by atoms with Gasteiger partial charge in [0.15, 0.2) is 0 Å². The summed E-state index contributed by atoms with van der Waals surface area (Å²) in [5, 5.41) is 5.72. The topological polar surface area (TPSA) is 75.4 Å². The largest absolute Gasteiger partial charge is 0.368 e. The van der Waals surface area contributed by atoms with Crippen molar-refractivity contribution < 1.29 is 9.59 Å². The van der Waals surface area contributed by atoms with Crippen LogP contribution >= 0.6 is 0 Å². The zero-order valence-corrected chi connectivity index (χ0v) is 16.3. The van der Waals surface area contributed by atoms with Crippen LogP contribution in [0.5, 0.6) is 0 Å². The molecule has 1 aliphatic heterocycles. The minimum atomic E-state index is -0.633. The molecule has 148 valence electrons. The van der Waals surface area contributed by atoms with E-state index in [4.69, 9.17) is 5.73 Å². The first-order valence-electron chi connectivity index (χ1n) is 9.94. The van der Waals surface area contributed by atoms with Crippen LogP contribution in [-0.4, -0.2) is 41.9 Å². The van der Waals surface area contributed by atoms with E-state index < -0.39 is 11.9 Å². The van der Waals surface area contributed by atoms with Crippen molar-refractivity contribution in [2.75, 3.05) is 13.1 Å². The van der Waals surface area contributed by atoms with Gasteiger partial charge in [-0.15, -0.1) is 0 Å². The lowest BCUT2D eigenvalue weighted by Gasteiger charge is -2.37. The van der Waals surface area contributed by atoms with Crippen molar-refractivity contribution in [1.82, 2.24) is 10.2 Å². The fraction of sp³-hybridized carbons (Fsp3) is 0.250. The van der Waals surface area contributed by atoms with Gasteiger partial charge >= 0.3 is 0 Å². The van der Waals surface area contributed by atoms with Crippen LogP contribution in [0.25, 0.3) is 10.8 Å². The Labute approximate surface area is 170 Å². The molecule has 1 fully saturated rings. The third-order valence-corrected chi connectivity index (χ3v) is 5.55. The number of nitrogens with zero attached hydrogens (tertiary/aromatic N) is 1. The van der Waals surface area contributed by atoms with Crippen molar-refractivity contribution in [3.8, 4) is 0 Å². The quantitative estimate of drug-likeness (QED) is 0.681. The number of benzene rings is 3. The Morgan fingerprint density at radius 1 is 1.00 bits per heavy atom. The van der Waals surface area contributed by atoms with Gasteiger partial charge in [-0.2, -0.15) is 0 Å². The molecule has 1 aliphatic rings. The number of amides is 2. The standard InChI is InChI=1S/C24H25N3O2/c25-24(29)22(14-17-6-2-1-3-7-17)27-16-21(26-15-23(27)28)13-18-10-11-19-8-4-5-9-20(19)12-18/h1-12,21-22,26H,13-16H2,(H2,25,29)/t21-,22-/m1/s1. The maximum Gasteiger partial charge on any atom is 0.240 e. The van der Waals surface area contributed by atoms with Crippen LogP contribution in [0.15, 0.2) is 72.8 Å². The Morgan fingerprint density at radius 3 is 2.48 bits per heavy atom. The summed E-state index contributed by atoms with van der Waals surface area (Å²) in [7, 11) is 0. The van der Waals surface area contributed by atoms with Gasteiger partial charge in [0, 0.05) is 19.0 Å². The fourth-order valence-corrected chi connectivity index (χ4v) is 4.03. The van der Waals surface area contributed by atoms with E-state index in [0.29, 0.717) is 13.0 Å². The minimum Gasteiger partial charge on any atom is -0.368 e. The van der Waals surface area contributed by atoms with Gasteiger partial charge in [-0.25, -0.2) is 0 Å². The maximum absolute atomic E-state index is 12.6. The Kier molecular flexibility index (Phi) is 5.58. The van der Waals surface area contributed by atoms with Gasteiger partial charge in [0.1, 0.15) is 6.04 Å². The summed E-state index contributed by atoms with van der Waals surface area (Å²) in [6.45, 7) is 0.683. The molecule has 5 nitrogen and oxygen atoms in total. The predicted octanol–water partition coefficient (Wildman–Crippen LogP) is 2.28. The van der Waals surface area contributed by atoms with Gasteiger partial charge in [-0.1, -0.05) is 72.8 Å². The second-order valence-electron chi connectivity index (χ2n) is 7.62. The normalized spacial score (nSPS) is 18.0. The lowest BCUT2D eigenvalue weighted by atomic mass is 9.98.